The normalized spacial score (nSPS) is 11.1. The quantitative estimate of drug-likeness (QED) is 0.725. The molecule has 22 heavy (non-hydrogen) atoms. The molecule has 0 aliphatic heterocycles. The molecule has 0 saturated carbocycles. The second-order valence-corrected chi connectivity index (χ2v) is 7.08. The van der Waals surface area contributed by atoms with Gasteiger partial charge in [-0.15, -0.1) is 0 Å². The van der Waals surface area contributed by atoms with Gasteiger partial charge in [-0.05, 0) is 66.4 Å². The van der Waals surface area contributed by atoms with Crippen LogP contribution < -0.4 is 10.6 Å². The Morgan fingerprint density at radius 1 is 0.909 bits per heavy atom. The minimum Gasteiger partial charge on any atom is -0.332 e. The second-order valence-electron chi connectivity index (χ2n) is 6.67. The van der Waals surface area contributed by atoms with E-state index in [-0.39, 0.29) is 5.41 Å². The van der Waals surface area contributed by atoms with Crippen LogP contribution in [0.3, 0.4) is 0 Å². The standard InChI is InChI=1S/C19H24N2S/c1-13-10-11-15(12-14(13)2)20-18(22)21-17-9-7-6-8-16(17)19(3,4)5/h6-12H,1-5H3,(H2,20,21,22). The molecule has 0 fully saturated rings. The summed E-state index contributed by atoms with van der Waals surface area (Å²) in [4.78, 5) is 0. The zero-order valence-corrected chi connectivity index (χ0v) is 14.8. The van der Waals surface area contributed by atoms with E-state index < -0.39 is 0 Å². The van der Waals surface area contributed by atoms with Crippen molar-refractivity contribution in [3.63, 3.8) is 0 Å². The van der Waals surface area contributed by atoms with Crippen LogP contribution in [-0.2, 0) is 5.41 Å². The van der Waals surface area contributed by atoms with Crippen molar-refractivity contribution in [2.75, 3.05) is 10.6 Å². The van der Waals surface area contributed by atoms with Gasteiger partial charge in [-0.25, -0.2) is 0 Å². The molecule has 0 unspecified atom stereocenters. The lowest BCUT2D eigenvalue weighted by molar-refractivity contribution is 0.592. The number of benzene rings is 2. The minimum atomic E-state index is 0.0691. The summed E-state index contributed by atoms with van der Waals surface area (Å²) in [5.74, 6) is 0. The van der Waals surface area contributed by atoms with Crippen molar-refractivity contribution < 1.29 is 0 Å². The summed E-state index contributed by atoms with van der Waals surface area (Å²) in [6.07, 6.45) is 0. The first-order valence-electron chi connectivity index (χ1n) is 7.52. The van der Waals surface area contributed by atoms with Crippen LogP contribution in [0.2, 0.25) is 0 Å². The van der Waals surface area contributed by atoms with E-state index in [4.69, 9.17) is 12.2 Å². The molecule has 0 aromatic heterocycles. The number of hydrogen-bond acceptors (Lipinski definition) is 1. The van der Waals surface area contributed by atoms with E-state index in [1.165, 1.54) is 16.7 Å². The molecular weight excluding hydrogens is 288 g/mol. The van der Waals surface area contributed by atoms with Gasteiger partial charge in [0, 0.05) is 11.4 Å². The number of nitrogens with one attached hydrogen (secondary N) is 2. The summed E-state index contributed by atoms with van der Waals surface area (Å²) in [6.45, 7) is 10.8. The largest absolute Gasteiger partial charge is 0.332 e. The Labute approximate surface area is 139 Å². The summed E-state index contributed by atoms with van der Waals surface area (Å²) in [6, 6.07) is 14.5. The van der Waals surface area contributed by atoms with Crippen molar-refractivity contribution in [2.45, 2.75) is 40.0 Å². The lowest BCUT2D eigenvalue weighted by Crippen LogP contribution is -2.22. The smallest absolute Gasteiger partial charge is 0.175 e. The fourth-order valence-electron chi connectivity index (χ4n) is 2.35. The van der Waals surface area contributed by atoms with Crippen LogP contribution in [0.5, 0.6) is 0 Å². The fourth-order valence-corrected chi connectivity index (χ4v) is 2.58. The Bertz CT molecular complexity index is 684. The summed E-state index contributed by atoms with van der Waals surface area (Å²) < 4.78 is 0. The van der Waals surface area contributed by atoms with Crippen molar-refractivity contribution in [1.82, 2.24) is 0 Å². The van der Waals surface area contributed by atoms with Gasteiger partial charge in [0.15, 0.2) is 5.11 Å². The van der Waals surface area contributed by atoms with Gasteiger partial charge >= 0.3 is 0 Å². The van der Waals surface area contributed by atoms with Crippen molar-refractivity contribution in [3.05, 3.63) is 59.2 Å². The van der Waals surface area contributed by atoms with E-state index in [1.807, 2.05) is 12.1 Å². The van der Waals surface area contributed by atoms with Gasteiger partial charge in [0.2, 0.25) is 0 Å². The van der Waals surface area contributed by atoms with Gasteiger partial charge < -0.3 is 10.6 Å². The Morgan fingerprint density at radius 2 is 1.59 bits per heavy atom. The van der Waals surface area contributed by atoms with E-state index in [1.54, 1.807) is 0 Å². The topological polar surface area (TPSA) is 24.1 Å². The Balaban J connectivity index is 2.14. The first-order chi connectivity index (χ1) is 10.3. The van der Waals surface area contributed by atoms with Crippen molar-refractivity contribution in [2.24, 2.45) is 0 Å². The fraction of sp³-hybridized carbons (Fsp3) is 0.316. The molecule has 2 rings (SSSR count). The molecule has 0 amide bonds. The molecule has 2 aromatic carbocycles. The second kappa shape index (κ2) is 6.49. The molecule has 0 spiro atoms. The van der Waals surface area contributed by atoms with E-state index in [2.05, 4.69) is 75.6 Å². The van der Waals surface area contributed by atoms with Crippen molar-refractivity contribution >= 4 is 28.7 Å². The molecule has 0 bridgehead atoms. The first kappa shape index (κ1) is 16.5. The number of hydrogen-bond donors (Lipinski definition) is 2. The van der Waals surface area contributed by atoms with Crippen LogP contribution >= 0.6 is 12.2 Å². The van der Waals surface area contributed by atoms with Gasteiger partial charge in [-0.1, -0.05) is 45.0 Å². The van der Waals surface area contributed by atoms with Crippen LogP contribution in [0.1, 0.15) is 37.5 Å². The van der Waals surface area contributed by atoms with E-state index in [0.29, 0.717) is 5.11 Å². The van der Waals surface area contributed by atoms with Crippen LogP contribution in [-0.4, -0.2) is 5.11 Å². The first-order valence-corrected chi connectivity index (χ1v) is 7.93. The average molecular weight is 312 g/mol. The monoisotopic (exact) mass is 312 g/mol. The van der Waals surface area contributed by atoms with Crippen molar-refractivity contribution in [1.29, 1.82) is 0 Å². The maximum atomic E-state index is 5.45. The number of aryl methyl sites for hydroxylation is 2. The molecule has 116 valence electrons. The van der Waals surface area contributed by atoms with Crippen LogP contribution in [0.15, 0.2) is 42.5 Å². The summed E-state index contributed by atoms with van der Waals surface area (Å²) in [5, 5.41) is 7.19. The maximum Gasteiger partial charge on any atom is 0.175 e. The molecule has 0 atom stereocenters. The zero-order chi connectivity index (χ0) is 16.3. The third kappa shape index (κ3) is 4.08. The highest BCUT2D eigenvalue weighted by Gasteiger charge is 2.17. The zero-order valence-electron chi connectivity index (χ0n) is 13.9. The molecule has 3 heteroatoms. The Kier molecular flexibility index (Phi) is 4.87. The third-order valence-corrected chi connectivity index (χ3v) is 3.95. The lowest BCUT2D eigenvalue weighted by Gasteiger charge is -2.23. The Hall–Kier alpha value is -1.87. The van der Waals surface area contributed by atoms with Crippen LogP contribution in [0.4, 0.5) is 11.4 Å². The summed E-state index contributed by atoms with van der Waals surface area (Å²) in [7, 11) is 0. The molecule has 0 saturated heterocycles. The number of anilines is 2. The predicted octanol–water partition coefficient (Wildman–Crippen LogP) is 5.41. The van der Waals surface area contributed by atoms with Gasteiger partial charge in [0.25, 0.3) is 0 Å². The summed E-state index contributed by atoms with van der Waals surface area (Å²) >= 11 is 5.45. The molecule has 0 radical (unpaired) electrons. The van der Waals surface area contributed by atoms with Gasteiger partial charge in [0.1, 0.15) is 0 Å². The van der Waals surface area contributed by atoms with Gasteiger partial charge in [-0.3, -0.25) is 0 Å². The molecule has 2 nitrogen and oxygen atoms in total. The van der Waals surface area contributed by atoms with Crippen molar-refractivity contribution in [3.8, 4) is 0 Å². The third-order valence-electron chi connectivity index (χ3n) is 3.75. The molecule has 0 aliphatic carbocycles. The highest BCUT2D eigenvalue weighted by Crippen LogP contribution is 2.29. The Morgan fingerprint density at radius 3 is 2.23 bits per heavy atom. The molecule has 0 aliphatic rings. The predicted molar refractivity (Wildman–Crippen MR) is 101 cm³/mol. The molecule has 0 heterocycles. The number of para-hydroxylation sites is 1. The summed E-state index contributed by atoms with van der Waals surface area (Å²) in [5.41, 5.74) is 5.91. The van der Waals surface area contributed by atoms with Gasteiger partial charge in [0.05, 0.1) is 0 Å². The lowest BCUT2D eigenvalue weighted by atomic mass is 9.86. The van der Waals surface area contributed by atoms with E-state index in [0.717, 1.165) is 11.4 Å². The van der Waals surface area contributed by atoms with Crippen LogP contribution in [0.25, 0.3) is 0 Å². The van der Waals surface area contributed by atoms with Gasteiger partial charge in [-0.2, -0.15) is 0 Å². The maximum absolute atomic E-state index is 5.45. The molecular formula is C19H24N2S. The highest BCUT2D eigenvalue weighted by molar-refractivity contribution is 7.80. The minimum absolute atomic E-state index is 0.0691. The van der Waals surface area contributed by atoms with E-state index >= 15 is 0 Å². The van der Waals surface area contributed by atoms with E-state index in [9.17, 15) is 0 Å². The molecule has 2 N–H and O–H groups in total. The molecule has 2 aromatic rings. The van der Waals surface area contributed by atoms with Crippen LogP contribution in [0, 0.1) is 13.8 Å². The SMILES string of the molecule is Cc1ccc(NC(=S)Nc2ccccc2C(C)(C)C)cc1C. The highest BCUT2D eigenvalue weighted by atomic mass is 32.1. The number of thiocarbonyl (C=S) groups is 1. The number of rotatable bonds is 2. The average Bonchev–Trinajstić information content (AvgIpc) is 2.42.